The van der Waals surface area contributed by atoms with E-state index in [9.17, 15) is 33.6 Å². The number of carboxylic acids is 3. The molecule has 4 fully saturated rings. The molecule has 0 amide bonds. The Hall–Kier alpha value is -5.39. The molecular formula is C40H50N2O15. The lowest BCUT2D eigenvalue weighted by Gasteiger charge is -2.40. The van der Waals surface area contributed by atoms with Crippen LogP contribution in [0.2, 0.25) is 0 Å². The molecule has 4 heterocycles. The molecule has 0 unspecified atom stereocenters. The van der Waals surface area contributed by atoms with Gasteiger partial charge in [-0.1, -0.05) is 36.4 Å². The zero-order valence-corrected chi connectivity index (χ0v) is 32.2. The van der Waals surface area contributed by atoms with Crippen molar-refractivity contribution in [1.82, 2.24) is 9.80 Å². The molecule has 8 atom stereocenters. The number of carbonyl (C=O) groups is 7. The van der Waals surface area contributed by atoms with Gasteiger partial charge in [-0.3, -0.25) is 29.0 Å². The quantitative estimate of drug-likeness (QED) is 0.188. The van der Waals surface area contributed by atoms with Gasteiger partial charge < -0.3 is 39.4 Å². The monoisotopic (exact) mass is 798 g/mol. The summed E-state index contributed by atoms with van der Waals surface area (Å²) in [5, 5.41) is 33.8. The van der Waals surface area contributed by atoms with Gasteiger partial charge in [0.2, 0.25) is 0 Å². The van der Waals surface area contributed by atoms with E-state index in [0.29, 0.717) is 36.1 Å². The number of ether oxygens (including phenoxy) is 4. The summed E-state index contributed by atoms with van der Waals surface area (Å²) in [7, 11) is 6.85. The number of piperidine rings is 2. The SMILES string of the molecule is COC(=O)[C@H]1[C@@H](OC(=O)c2ccccc2)C[C@@H]2CC[C@H]1N2C.COC(=O)[C@H]1[C@@H](OC(=O)c2ccccc2)C[C@@H]2CC[C@H]1N2C.O=C(O)CC(O)(CC(=O)O)C(=O)O. The summed E-state index contributed by atoms with van der Waals surface area (Å²) in [5.74, 6) is -7.14. The molecule has 2 aromatic rings. The number of esters is 4. The van der Waals surface area contributed by atoms with E-state index < -0.39 is 60.4 Å². The van der Waals surface area contributed by atoms with Gasteiger partial charge in [0.1, 0.15) is 24.0 Å². The fourth-order valence-corrected chi connectivity index (χ4v) is 8.25. The van der Waals surface area contributed by atoms with Crippen LogP contribution in [0.4, 0.5) is 0 Å². The van der Waals surface area contributed by atoms with Gasteiger partial charge >= 0.3 is 41.8 Å². The first-order chi connectivity index (χ1) is 27.0. The lowest BCUT2D eigenvalue weighted by molar-refractivity contribution is -0.170. The lowest BCUT2D eigenvalue weighted by Crippen LogP contribution is -2.53. The van der Waals surface area contributed by atoms with Crippen LogP contribution >= 0.6 is 0 Å². The van der Waals surface area contributed by atoms with Crippen LogP contribution in [-0.2, 0) is 42.9 Å². The van der Waals surface area contributed by atoms with Gasteiger partial charge in [-0.15, -0.1) is 0 Å². The molecular weight excluding hydrogens is 748 g/mol. The maximum atomic E-state index is 12.3. The number of hydrogen-bond donors (Lipinski definition) is 4. The Kier molecular flexibility index (Phi) is 15.3. The highest BCUT2D eigenvalue weighted by molar-refractivity contribution is 5.90. The molecule has 4 bridgehead atoms. The van der Waals surface area contributed by atoms with Crippen molar-refractivity contribution in [3.8, 4) is 0 Å². The van der Waals surface area contributed by atoms with E-state index in [2.05, 4.69) is 9.80 Å². The Bertz CT molecular complexity index is 1640. The molecule has 310 valence electrons. The number of carbonyl (C=O) groups excluding carboxylic acids is 4. The molecule has 4 N–H and O–H groups in total. The largest absolute Gasteiger partial charge is 0.481 e. The third-order valence-electron chi connectivity index (χ3n) is 11.2. The second kappa shape index (κ2) is 19.7. The number of rotatable bonds is 11. The Morgan fingerprint density at radius 2 is 0.965 bits per heavy atom. The number of methoxy groups -OCH3 is 2. The predicted molar refractivity (Wildman–Crippen MR) is 198 cm³/mol. The molecule has 0 aliphatic carbocycles. The van der Waals surface area contributed by atoms with Crippen LogP contribution in [0.1, 0.15) is 72.1 Å². The zero-order chi connectivity index (χ0) is 42.0. The number of fused-ring (bicyclic) bond motifs is 4. The average molecular weight is 799 g/mol. The molecule has 2 aromatic carbocycles. The van der Waals surface area contributed by atoms with E-state index in [1.165, 1.54) is 14.2 Å². The molecule has 6 rings (SSSR count). The summed E-state index contributed by atoms with van der Waals surface area (Å²) in [6.45, 7) is 0. The summed E-state index contributed by atoms with van der Waals surface area (Å²) >= 11 is 0. The molecule has 0 spiro atoms. The van der Waals surface area contributed by atoms with E-state index in [4.69, 9.17) is 39.4 Å². The van der Waals surface area contributed by atoms with Crippen molar-refractivity contribution in [3.05, 3.63) is 71.8 Å². The van der Waals surface area contributed by atoms with E-state index in [1.807, 2.05) is 26.2 Å². The van der Waals surface area contributed by atoms with Crippen LogP contribution in [0, 0.1) is 11.8 Å². The minimum Gasteiger partial charge on any atom is -0.481 e. The highest BCUT2D eigenvalue weighted by Gasteiger charge is 2.52. The Morgan fingerprint density at radius 3 is 1.26 bits per heavy atom. The molecule has 57 heavy (non-hydrogen) atoms. The summed E-state index contributed by atoms with van der Waals surface area (Å²) in [6, 6.07) is 18.7. The molecule has 4 aliphatic heterocycles. The summed E-state index contributed by atoms with van der Waals surface area (Å²) in [4.78, 5) is 83.9. The van der Waals surface area contributed by atoms with Crippen LogP contribution < -0.4 is 0 Å². The second-order valence-corrected chi connectivity index (χ2v) is 14.6. The number of carboxylic acid groups (broad SMARTS) is 3. The highest BCUT2D eigenvalue weighted by Crippen LogP contribution is 2.41. The molecule has 17 nitrogen and oxygen atoms in total. The van der Waals surface area contributed by atoms with Crippen molar-refractivity contribution < 1.29 is 72.9 Å². The van der Waals surface area contributed by atoms with Gasteiger partial charge in [-0.25, -0.2) is 14.4 Å². The Morgan fingerprint density at radius 1 is 0.614 bits per heavy atom. The first-order valence-electron chi connectivity index (χ1n) is 18.5. The number of aliphatic hydroxyl groups is 1. The molecule has 4 saturated heterocycles. The molecule has 0 aromatic heterocycles. The number of benzene rings is 2. The zero-order valence-electron chi connectivity index (χ0n) is 32.2. The Labute approximate surface area is 329 Å². The van der Waals surface area contributed by atoms with Crippen molar-refractivity contribution in [3.63, 3.8) is 0 Å². The maximum absolute atomic E-state index is 12.3. The number of aliphatic carboxylic acids is 3. The smallest absolute Gasteiger partial charge is 0.338 e. The van der Waals surface area contributed by atoms with Gasteiger partial charge in [-0.05, 0) is 64.0 Å². The number of hydrogen-bond acceptors (Lipinski definition) is 14. The normalized spacial score (nSPS) is 26.3. The lowest BCUT2D eigenvalue weighted by atomic mass is 9.87. The van der Waals surface area contributed by atoms with Gasteiger partial charge in [0.05, 0.1) is 38.2 Å². The predicted octanol–water partition coefficient (Wildman–Crippen LogP) is 2.49. The number of nitrogens with zero attached hydrogens (tertiary/aromatic N) is 2. The minimum atomic E-state index is -2.74. The second-order valence-electron chi connectivity index (χ2n) is 14.6. The summed E-state index contributed by atoms with van der Waals surface area (Å²) < 4.78 is 21.2. The average Bonchev–Trinajstić information content (AvgIpc) is 3.55. The molecule has 0 saturated carbocycles. The van der Waals surface area contributed by atoms with Gasteiger partial charge in [-0.2, -0.15) is 0 Å². The highest BCUT2D eigenvalue weighted by atomic mass is 16.6. The third-order valence-corrected chi connectivity index (χ3v) is 11.2. The van der Waals surface area contributed by atoms with E-state index >= 15 is 0 Å². The third kappa shape index (κ3) is 10.9. The van der Waals surface area contributed by atoms with Crippen LogP contribution in [-0.4, -0.2) is 142 Å². The minimum absolute atomic E-state index is 0.0970. The summed E-state index contributed by atoms with van der Waals surface area (Å²) in [6.07, 6.45) is 2.23. The first kappa shape index (κ1) is 44.3. The first-order valence-corrected chi connectivity index (χ1v) is 18.5. The van der Waals surface area contributed by atoms with Crippen LogP contribution in [0.15, 0.2) is 60.7 Å². The molecule has 17 heteroatoms. The van der Waals surface area contributed by atoms with Crippen molar-refractivity contribution in [2.45, 2.75) is 93.3 Å². The van der Waals surface area contributed by atoms with Gasteiger partial charge in [0, 0.05) is 37.0 Å². The van der Waals surface area contributed by atoms with Crippen LogP contribution in [0.5, 0.6) is 0 Å². The van der Waals surface area contributed by atoms with Crippen molar-refractivity contribution >= 4 is 41.8 Å². The topological polar surface area (TPSA) is 244 Å². The molecule has 0 radical (unpaired) electrons. The van der Waals surface area contributed by atoms with E-state index in [-0.39, 0.29) is 36.0 Å². The van der Waals surface area contributed by atoms with Crippen molar-refractivity contribution in [1.29, 1.82) is 0 Å². The standard InChI is InChI=1S/2C17H21NO4.C6H8O7/c2*1-18-12-8-9-13(18)15(17(20)21-2)14(10-12)22-16(19)11-6-4-3-5-7-11;7-3(8)1-6(13,5(11)12)2-4(9)10/h2*3-7,12-15H,8-10H2,1-2H3;13H,1-2H2,(H,7,8)(H,9,10)(H,11,12)/t2*12-,13+,14-,15+;/m00./s1. The fourth-order valence-electron chi connectivity index (χ4n) is 8.25. The van der Waals surface area contributed by atoms with Crippen molar-refractivity contribution in [2.75, 3.05) is 28.3 Å². The maximum Gasteiger partial charge on any atom is 0.338 e. The summed E-state index contributed by atoms with van der Waals surface area (Å²) in [5.41, 5.74) is -1.72. The van der Waals surface area contributed by atoms with Crippen LogP contribution in [0.25, 0.3) is 0 Å². The van der Waals surface area contributed by atoms with Crippen LogP contribution in [0.3, 0.4) is 0 Å². The molecule has 4 aliphatic rings. The van der Waals surface area contributed by atoms with Gasteiger partial charge in [0.15, 0.2) is 5.60 Å². The fraction of sp³-hybridized carbons (Fsp3) is 0.525. The Balaban J connectivity index is 0.000000197. The van der Waals surface area contributed by atoms with Crippen molar-refractivity contribution in [2.24, 2.45) is 11.8 Å². The van der Waals surface area contributed by atoms with Gasteiger partial charge in [0.25, 0.3) is 0 Å². The van der Waals surface area contributed by atoms with E-state index in [0.717, 1.165) is 25.7 Å². The van der Waals surface area contributed by atoms with E-state index in [1.54, 1.807) is 48.5 Å².